The van der Waals surface area contributed by atoms with Gasteiger partial charge in [-0.15, -0.1) is 0 Å². The van der Waals surface area contributed by atoms with E-state index in [9.17, 15) is 0 Å². The van der Waals surface area contributed by atoms with Crippen LogP contribution in [0.25, 0.3) is 0 Å². The second kappa shape index (κ2) is 4.24. The highest BCUT2D eigenvalue weighted by molar-refractivity contribution is 7.05. The third kappa shape index (κ3) is 1.79. The number of likely N-dealkylation sites (N-methyl/N-ethyl adjacent to an activating group) is 1. The van der Waals surface area contributed by atoms with Gasteiger partial charge >= 0.3 is 0 Å². The molecule has 0 spiro atoms. The Hall–Kier alpha value is -1.19. The van der Waals surface area contributed by atoms with Crippen LogP contribution in [0.2, 0.25) is 0 Å². The molecule has 0 aliphatic heterocycles. The minimum absolute atomic E-state index is 0.0943. The molecule has 0 bridgehead atoms. The summed E-state index contributed by atoms with van der Waals surface area (Å²) in [7, 11) is 2.07. The summed E-state index contributed by atoms with van der Waals surface area (Å²) in [6, 6.07) is 10.8. The molecule has 2 nitrogen and oxygen atoms in total. The zero-order valence-corrected chi connectivity index (χ0v) is 10.8. The minimum Gasteiger partial charge on any atom is -0.310 e. The molecular formula is C14H16N2S. The van der Waals surface area contributed by atoms with Gasteiger partial charge in [-0.05, 0) is 49.0 Å². The fourth-order valence-electron chi connectivity index (χ4n) is 2.74. The van der Waals surface area contributed by atoms with Gasteiger partial charge in [0.05, 0.1) is 0 Å². The van der Waals surface area contributed by atoms with Crippen molar-refractivity contribution in [3.05, 3.63) is 52.5 Å². The molecule has 1 N–H and O–H groups in total. The molecule has 0 saturated carbocycles. The fraction of sp³-hybridized carbons (Fsp3) is 0.357. The highest BCUT2D eigenvalue weighted by Crippen LogP contribution is 2.37. The van der Waals surface area contributed by atoms with Crippen LogP contribution in [0, 0.1) is 0 Å². The lowest BCUT2D eigenvalue weighted by Gasteiger charge is -2.37. The van der Waals surface area contributed by atoms with Gasteiger partial charge in [0, 0.05) is 16.6 Å². The highest BCUT2D eigenvalue weighted by atomic mass is 32.1. The summed E-state index contributed by atoms with van der Waals surface area (Å²) in [4.78, 5) is 1.46. The van der Waals surface area contributed by atoms with E-state index in [1.165, 1.54) is 16.0 Å². The van der Waals surface area contributed by atoms with Gasteiger partial charge in [0.15, 0.2) is 0 Å². The van der Waals surface area contributed by atoms with Crippen molar-refractivity contribution >= 4 is 11.5 Å². The van der Waals surface area contributed by atoms with Crippen LogP contribution in [0.3, 0.4) is 0 Å². The fourth-order valence-corrected chi connectivity index (χ4v) is 3.48. The largest absolute Gasteiger partial charge is 0.310 e. The monoisotopic (exact) mass is 244 g/mol. The average Bonchev–Trinajstić information content (AvgIpc) is 2.86. The zero-order chi connectivity index (χ0) is 11.7. The standard InChI is InChI=1S/C14H16N2S/c1-15-14(12-5-3-2-4-6-12)8-7-13-11(9-14)10-16-17-13/h2-6,10,15H,7-9H2,1H3. The van der Waals surface area contributed by atoms with Gasteiger partial charge in [-0.2, -0.15) is 0 Å². The van der Waals surface area contributed by atoms with Crippen LogP contribution < -0.4 is 5.32 Å². The zero-order valence-electron chi connectivity index (χ0n) is 9.94. The molecule has 2 aromatic rings. The van der Waals surface area contributed by atoms with E-state index in [1.54, 1.807) is 11.5 Å². The summed E-state index contributed by atoms with van der Waals surface area (Å²) in [6.07, 6.45) is 5.38. The molecule has 1 heterocycles. The second-order valence-electron chi connectivity index (χ2n) is 4.65. The molecule has 1 aliphatic rings. The maximum absolute atomic E-state index is 4.31. The van der Waals surface area contributed by atoms with Gasteiger partial charge in [-0.1, -0.05) is 30.3 Å². The molecule has 17 heavy (non-hydrogen) atoms. The molecule has 0 radical (unpaired) electrons. The summed E-state index contributed by atoms with van der Waals surface area (Å²) >= 11 is 1.65. The Labute approximate surface area is 106 Å². The van der Waals surface area contributed by atoms with Crippen molar-refractivity contribution < 1.29 is 0 Å². The number of nitrogens with zero attached hydrogens (tertiary/aromatic N) is 1. The molecule has 1 aromatic heterocycles. The van der Waals surface area contributed by atoms with Crippen molar-refractivity contribution in [2.75, 3.05) is 7.05 Å². The first-order valence-electron chi connectivity index (χ1n) is 6.01. The first-order valence-corrected chi connectivity index (χ1v) is 6.78. The average molecular weight is 244 g/mol. The molecule has 0 fully saturated rings. The SMILES string of the molecule is CNC1(c2ccccc2)CCc2sncc2C1. The smallest absolute Gasteiger partial charge is 0.0477 e. The minimum atomic E-state index is 0.0943. The molecule has 1 aliphatic carbocycles. The summed E-state index contributed by atoms with van der Waals surface area (Å²) in [5.74, 6) is 0. The number of rotatable bonds is 2. The quantitative estimate of drug-likeness (QED) is 0.878. The predicted octanol–water partition coefficient (Wildman–Crippen LogP) is 2.75. The van der Waals surface area contributed by atoms with E-state index in [-0.39, 0.29) is 5.54 Å². The molecule has 1 aromatic carbocycles. The summed E-state index contributed by atoms with van der Waals surface area (Å²) < 4.78 is 4.31. The molecule has 1 unspecified atom stereocenters. The van der Waals surface area contributed by atoms with Crippen molar-refractivity contribution in [1.29, 1.82) is 0 Å². The third-order valence-corrected chi connectivity index (χ3v) is 4.70. The summed E-state index contributed by atoms with van der Waals surface area (Å²) in [5.41, 5.74) is 2.90. The first kappa shape index (κ1) is 10.9. The van der Waals surface area contributed by atoms with Gasteiger partial charge < -0.3 is 5.32 Å². The third-order valence-electron chi connectivity index (χ3n) is 3.81. The lowest BCUT2D eigenvalue weighted by molar-refractivity contribution is 0.317. The van der Waals surface area contributed by atoms with Crippen LogP contribution in [0.5, 0.6) is 0 Å². The Bertz CT molecular complexity index is 506. The molecular weight excluding hydrogens is 228 g/mol. The Morgan fingerprint density at radius 3 is 2.88 bits per heavy atom. The second-order valence-corrected chi connectivity index (χ2v) is 5.54. The maximum atomic E-state index is 4.31. The number of benzene rings is 1. The lowest BCUT2D eigenvalue weighted by Crippen LogP contribution is -2.44. The van der Waals surface area contributed by atoms with Gasteiger partial charge in [-0.25, -0.2) is 4.37 Å². The highest BCUT2D eigenvalue weighted by Gasteiger charge is 2.35. The van der Waals surface area contributed by atoms with Crippen LogP contribution in [-0.2, 0) is 18.4 Å². The van der Waals surface area contributed by atoms with E-state index < -0.39 is 0 Å². The van der Waals surface area contributed by atoms with E-state index >= 15 is 0 Å². The summed E-state index contributed by atoms with van der Waals surface area (Å²) in [5, 5.41) is 3.54. The number of hydrogen-bond donors (Lipinski definition) is 1. The van der Waals surface area contributed by atoms with Crippen molar-refractivity contribution in [2.24, 2.45) is 0 Å². The topological polar surface area (TPSA) is 24.9 Å². The Kier molecular flexibility index (Phi) is 2.73. The predicted molar refractivity (Wildman–Crippen MR) is 71.3 cm³/mol. The maximum Gasteiger partial charge on any atom is 0.0477 e. The molecule has 0 saturated heterocycles. The van der Waals surface area contributed by atoms with E-state index in [1.807, 2.05) is 6.20 Å². The molecule has 0 amide bonds. The number of fused-ring (bicyclic) bond motifs is 1. The lowest BCUT2D eigenvalue weighted by atomic mass is 9.76. The summed E-state index contributed by atoms with van der Waals surface area (Å²) in [6.45, 7) is 0. The van der Waals surface area contributed by atoms with Crippen LogP contribution in [0.15, 0.2) is 36.5 Å². The van der Waals surface area contributed by atoms with Crippen molar-refractivity contribution in [3.63, 3.8) is 0 Å². The number of nitrogens with one attached hydrogen (secondary N) is 1. The Morgan fingerprint density at radius 1 is 1.29 bits per heavy atom. The van der Waals surface area contributed by atoms with Crippen LogP contribution in [0.4, 0.5) is 0 Å². The van der Waals surface area contributed by atoms with Gasteiger partial charge in [-0.3, -0.25) is 0 Å². The van der Waals surface area contributed by atoms with Gasteiger partial charge in [0.1, 0.15) is 0 Å². The van der Waals surface area contributed by atoms with Crippen molar-refractivity contribution in [3.8, 4) is 0 Å². The van der Waals surface area contributed by atoms with Crippen molar-refractivity contribution in [1.82, 2.24) is 9.69 Å². The molecule has 3 rings (SSSR count). The van der Waals surface area contributed by atoms with Crippen molar-refractivity contribution in [2.45, 2.75) is 24.8 Å². The van der Waals surface area contributed by atoms with Gasteiger partial charge in [0.2, 0.25) is 0 Å². The van der Waals surface area contributed by atoms with Gasteiger partial charge in [0.25, 0.3) is 0 Å². The number of aromatic nitrogens is 1. The number of hydrogen-bond acceptors (Lipinski definition) is 3. The van der Waals surface area contributed by atoms with E-state index in [4.69, 9.17) is 0 Å². The Balaban J connectivity index is 2.01. The Morgan fingerprint density at radius 2 is 2.12 bits per heavy atom. The molecule has 1 atom stereocenters. The number of aryl methyl sites for hydroxylation is 1. The van der Waals surface area contributed by atoms with Crippen LogP contribution in [0.1, 0.15) is 22.4 Å². The van der Waals surface area contributed by atoms with E-state index in [0.717, 1.165) is 19.3 Å². The normalized spacial score (nSPS) is 23.4. The first-order chi connectivity index (χ1) is 8.34. The van der Waals surface area contributed by atoms with Crippen LogP contribution in [-0.4, -0.2) is 11.4 Å². The van der Waals surface area contributed by atoms with Crippen LogP contribution >= 0.6 is 11.5 Å². The van der Waals surface area contributed by atoms with E-state index in [0.29, 0.717) is 0 Å². The van der Waals surface area contributed by atoms with E-state index in [2.05, 4.69) is 47.1 Å². The molecule has 3 heteroatoms. The molecule has 88 valence electrons.